The molecule has 4 rings (SSSR count). The first kappa shape index (κ1) is 14.9. The van der Waals surface area contributed by atoms with E-state index < -0.39 is 0 Å². The normalized spacial score (nSPS) is 29.3. The third kappa shape index (κ3) is 3.07. The number of allylic oxidation sites excluding steroid dienone is 2. The minimum atomic E-state index is -0.0700. The van der Waals surface area contributed by atoms with Crippen molar-refractivity contribution in [1.29, 1.82) is 0 Å². The molecular formula is C18H21NO3S. The fraction of sp³-hybridized carbons (Fsp3) is 0.556. The van der Waals surface area contributed by atoms with E-state index in [0.717, 1.165) is 30.0 Å². The van der Waals surface area contributed by atoms with Crippen LogP contribution in [-0.4, -0.2) is 17.1 Å². The summed E-state index contributed by atoms with van der Waals surface area (Å²) in [4.78, 5) is 17.6. The summed E-state index contributed by atoms with van der Waals surface area (Å²) in [6, 6.07) is 0. The van der Waals surface area contributed by atoms with E-state index in [0.29, 0.717) is 31.3 Å². The molecule has 0 saturated carbocycles. The Balaban J connectivity index is 1.39. The molecule has 3 unspecified atom stereocenters. The van der Waals surface area contributed by atoms with Crippen molar-refractivity contribution in [3.8, 4) is 0 Å². The van der Waals surface area contributed by atoms with Crippen molar-refractivity contribution < 1.29 is 14.3 Å². The number of thiazole rings is 1. The molecule has 3 atom stereocenters. The van der Waals surface area contributed by atoms with Gasteiger partial charge in [-0.05, 0) is 37.3 Å². The van der Waals surface area contributed by atoms with Gasteiger partial charge in [0.05, 0.1) is 16.3 Å². The van der Waals surface area contributed by atoms with Crippen molar-refractivity contribution >= 4 is 23.4 Å². The van der Waals surface area contributed by atoms with Crippen LogP contribution in [0.5, 0.6) is 0 Å². The Labute approximate surface area is 140 Å². The highest BCUT2D eigenvalue weighted by atomic mass is 32.1. The van der Waals surface area contributed by atoms with Gasteiger partial charge in [-0.25, -0.2) is 4.98 Å². The lowest BCUT2D eigenvalue weighted by Crippen LogP contribution is -2.39. The molecule has 0 aromatic carbocycles. The molecule has 23 heavy (non-hydrogen) atoms. The number of fused-ring (bicyclic) bond motifs is 2. The van der Waals surface area contributed by atoms with Gasteiger partial charge >= 0.3 is 5.97 Å². The molecule has 0 spiro atoms. The van der Waals surface area contributed by atoms with Crippen LogP contribution in [0.2, 0.25) is 0 Å². The Morgan fingerprint density at radius 2 is 2.35 bits per heavy atom. The molecule has 0 bridgehead atoms. The van der Waals surface area contributed by atoms with Crippen LogP contribution in [0.4, 0.5) is 0 Å². The summed E-state index contributed by atoms with van der Waals surface area (Å²) in [5.74, 6) is 1.71. The molecule has 1 aliphatic heterocycles. The standard InChI is InChI=1S/C18H21NO3S/c1-11-8-18(20)22-15-9-12(6-7-13(11)15)21-10-17-19-14-4-2-3-5-16(14)23-17/h3,5-6,11,13,15H,2,4,7-10H2,1H3. The summed E-state index contributed by atoms with van der Waals surface area (Å²) in [6.07, 6.45) is 10.8. The van der Waals surface area contributed by atoms with Crippen LogP contribution in [0.3, 0.4) is 0 Å². The van der Waals surface area contributed by atoms with Crippen LogP contribution >= 0.6 is 11.3 Å². The highest BCUT2D eigenvalue weighted by Crippen LogP contribution is 2.38. The molecule has 2 heterocycles. The largest absolute Gasteiger partial charge is 0.491 e. The van der Waals surface area contributed by atoms with Crippen molar-refractivity contribution in [3.63, 3.8) is 0 Å². The number of aromatic nitrogens is 1. The molecular weight excluding hydrogens is 310 g/mol. The number of aryl methyl sites for hydroxylation is 1. The number of esters is 1. The highest BCUT2D eigenvalue weighted by molar-refractivity contribution is 7.12. The van der Waals surface area contributed by atoms with Crippen molar-refractivity contribution in [2.24, 2.45) is 11.8 Å². The Kier molecular flexibility index (Phi) is 3.97. The molecule has 2 aliphatic carbocycles. The predicted octanol–water partition coefficient (Wildman–Crippen LogP) is 3.86. The summed E-state index contributed by atoms with van der Waals surface area (Å²) in [6.45, 7) is 2.66. The summed E-state index contributed by atoms with van der Waals surface area (Å²) in [5, 5.41) is 1.03. The van der Waals surface area contributed by atoms with E-state index in [1.165, 1.54) is 10.6 Å². The molecule has 3 aliphatic rings. The average molecular weight is 331 g/mol. The quantitative estimate of drug-likeness (QED) is 0.789. The summed E-state index contributed by atoms with van der Waals surface area (Å²) in [7, 11) is 0. The van der Waals surface area contributed by atoms with Crippen LogP contribution < -0.4 is 0 Å². The maximum absolute atomic E-state index is 11.6. The Morgan fingerprint density at radius 1 is 1.43 bits per heavy atom. The van der Waals surface area contributed by atoms with Crippen LogP contribution in [0, 0.1) is 11.8 Å². The zero-order valence-electron chi connectivity index (χ0n) is 13.3. The number of carbonyl (C=O) groups is 1. The Hall–Kier alpha value is -1.62. The van der Waals surface area contributed by atoms with E-state index in [1.54, 1.807) is 11.3 Å². The first-order valence-corrected chi connectivity index (χ1v) is 9.17. The number of carbonyl (C=O) groups excluding carboxylic acids is 1. The third-order valence-electron chi connectivity index (χ3n) is 4.97. The highest BCUT2D eigenvalue weighted by Gasteiger charge is 2.38. The SMILES string of the molecule is CC1CC(=O)OC2CC(OCc3nc4c(s3)C=CCC4)=CCC12. The van der Waals surface area contributed by atoms with Crippen molar-refractivity contribution in [2.75, 3.05) is 0 Å². The molecule has 1 saturated heterocycles. The lowest BCUT2D eigenvalue weighted by atomic mass is 9.78. The summed E-state index contributed by atoms with van der Waals surface area (Å²) < 4.78 is 11.5. The number of ether oxygens (including phenoxy) is 2. The van der Waals surface area contributed by atoms with Gasteiger partial charge < -0.3 is 9.47 Å². The molecule has 1 fully saturated rings. The maximum Gasteiger partial charge on any atom is 0.306 e. The van der Waals surface area contributed by atoms with Gasteiger partial charge in [-0.1, -0.05) is 13.0 Å². The maximum atomic E-state index is 11.6. The van der Waals surface area contributed by atoms with E-state index in [1.807, 2.05) is 0 Å². The second kappa shape index (κ2) is 6.11. The molecule has 1 aromatic rings. The van der Waals surface area contributed by atoms with Crippen molar-refractivity contribution in [3.05, 3.63) is 33.5 Å². The molecule has 1 aromatic heterocycles. The fourth-order valence-electron chi connectivity index (χ4n) is 3.68. The topological polar surface area (TPSA) is 48.4 Å². The minimum absolute atomic E-state index is 0.0151. The summed E-state index contributed by atoms with van der Waals surface area (Å²) >= 11 is 1.71. The minimum Gasteiger partial charge on any atom is -0.491 e. The van der Waals surface area contributed by atoms with Gasteiger partial charge in [-0.3, -0.25) is 4.79 Å². The third-order valence-corrected chi connectivity index (χ3v) is 6.01. The lowest BCUT2D eigenvalue weighted by molar-refractivity contribution is -0.163. The second-order valence-electron chi connectivity index (χ2n) is 6.63. The Bertz CT molecular complexity index is 676. The van der Waals surface area contributed by atoms with E-state index in [9.17, 15) is 4.79 Å². The monoisotopic (exact) mass is 331 g/mol. The predicted molar refractivity (Wildman–Crippen MR) is 88.7 cm³/mol. The molecule has 5 heteroatoms. The van der Waals surface area contributed by atoms with Crippen molar-refractivity contribution in [2.45, 2.75) is 51.7 Å². The molecule has 0 radical (unpaired) electrons. The van der Waals surface area contributed by atoms with E-state index in [4.69, 9.17) is 9.47 Å². The fourth-order valence-corrected chi connectivity index (χ4v) is 4.64. The van der Waals surface area contributed by atoms with Gasteiger partial charge in [0.1, 0.15) is 17.7 Å². The van der Waals surface area contributed by atoms with Crippen LogP contribution in [0.1, 0.15) is 48.2 Å². The first-order chi connectivity index (χ1) is 11.2. The summed E-state index contributed by atoms with van der Waals surface area (Å²) in [5.41, 5.74) is 1.20. The van der Waals surface area contributed by atoms with E-state index in [-0.39, 0.29) is 12.1 Å². The van der Waals surface area contributed by atoms with Gasteiger partial charge in [-0.15, -0.1) is 11.3 Å². The van der Waals surface area contributed by atoms with Gasteiger partial charge in [0.15, 0.2) is 0 Å². The number of hydrogen-bond acceptors (Lipinski definition) is 5. The molecule has 122 valence electrons. The van der Waals surface area contributed by atoms with Gasteiger partial charge in [0, 0.05) is 18.8 Å². The van der Waals surface area contributed by atoms with E-state index >= 15 is 0 Å². The molecule has 4 nitrogen and oxygen atoms in total. The number of nitrogens with zero attached hydrogens (tertiary/aromatic N) is 1. The second-order valence-corrected chi connectivity index (χ2v) is 7.75. The van der Waals surface area contributed by atoms with Gasteiger partial charge in [0.25, 0.3) is 0 Å². The van der Waals surface area contributed by atoms with Crippen molar-refractivity contribution in [1.82, 2.24) is 4.98 Å². The van der Waals surface area contributed by atoms with Crippen LogP contribution in [0.25, 0.3) is 6.08 Å². The van der Waals surface area contributed by atoms with Crippen LogP contribution in [0.15, 0.2) is 17.9 Å². The van der Waals surface area contributed by atoms with E-state index in [2.05, 4.69) is 30.1 Å². The molecule has 0 N–H and O–H groups in total. The number of hydrogen-bond donors (Lipinski definition) is 0. The van der Waals surface area contributed by atoms with Crippen LogP contribution in [-0.2, 0) is 27.3 Å². The van der Waals surface area contributed by atoms with Gasteiger partial charge in [-0.2, -0.15) is 0 Å². The number of rotatable bonds is 3. The zero-order chi connectivity index (χ0) is 15.8. The lowest BCUT2D eigenvalue weighted by Gasteiger charge is -2.38. The first-order valence-electron chi connectivity index (χ1n) is 8.35. The van der Waals surface area contributed by atoms with Gasteiger partial charge in [0.2, 0.25) is 0 Å². The zero-order valence-corrected chi connectivity index (χ0v) is 14.1. The molecule has 0 amide bonds. The Morgan fingerprint density at radius 3 is 3.22 bits per heavy atom. The smallest absolute Gasteiger partial charge is 0.306 e. The average Bonchev–Trinajstić information content (AvgIpc) is 2.95.